The largest absolute Gasteiger partial charge is 0.342 e. The highest BCUT2D eigenvalue weighted by Crippen LogP contribution is 2.28. The zero-order valence-electron chi connectivity index (χ0n) is 14.2. The zero-order chi connectivity index (χ0) is 16.5. The number of hydrogen-bond donors (Lipinski definition) is 1. The number of carbonyl (C=O) groups excluding carboxylic acids is 1. The monoisotopic (exact) mass is 327 g/mol. The first kappa shape index (κ1) is 15.4. The molecule has 1 atom stereocenters. The van der Waals surface area contributed by atoms with Crippen LogP contribution in [-0.4, -0.2) is 43.6 Å². The Balaban J connectivity index is 1.31. The van der Waals surface area contributed by atoms with Gasteiger partial charge in [-0.1, -0.05) is 0 Å². The van der Waals surface area contributed by atoms with E-state index >= 15 is 0 Å². The van der Waals surface area contributed by atoms with Gasteiger partial charge in [-0.15, -0.1) is 0 Å². The highest BCUT2D eigenvalue weighted by molar-refractivity contribution is 5.79. The maximum Gasteiger partial charge on any atom is 0.226 e. The molecule has 128 valence electrons. The van der Waals surface area contributed by atoms with Crippen LogP contribution in [0.3, 0.4) is 0 Å². The molecule has 0 spiro atoms. The normalized spacial score (nSPS) is 21.7. The first-order valence-corrected chi connectivity index (χ1v) is 8.97. The predicted molar refractivity (Wildman–Crippen MR) is 90.3 cm³/mol. The van der Waals surface area contributed by atoms with E-state index in [4.69, 9.17) is 0 Å². The molecule has 1 amide bonds. The van der Waals surface area contributed by atoms with Gasteiger partial charge in [0.2, 0.25) is 5.91 Å². The molecule has 3 heterocycles. The number of aromatic nitrogens is 4. The second kappa shape index (κ2) is 6.42. The van der Waals surface area contributed by atoms with E-state index in [-0.39, 0.29) is 5.92 Å². The molecule has 2 aromatic rings. The van der Waals surface area contributed by atoms with Crippen LogP contribution in [0.1, 0.15) is 36.3 Å². The first-order valence-electron chi connectivity index (χ1n) is 8.97. The van der Waals surface area contributed by atoms with E-state index in [1.54, 1.807) is 0 Å². The number of H-pyrrole nitrogens is 1. The van der Waals surface area contributed by atoms with E-state index in [0.717, 1.165) is 57.4 Å². The minimum atomic E-state index is 0.140. The van der Waals surface area contributed by atoms with Crippen LogP contribution in [0, 0.1) is 11.8 Å². The first-order chi connectivity index (χ1) is 11.7. The van der Waals surface area contributed by atoms with Gasteiger partial charge in [-0.25, -0.2) is 4.98 Å². The third-order valence-corrected chi connectivity index (χ3v) is 5.68. The second-order valence-corrected chi connectivity index (χ2v) is 7.24. The van der Waals surface area contributed by atoms with Crippen LogP contribution in [0.5, 0.6) is 0 Å². The SMILES string of the molecule is Cn1ccnc1CC1CCN(C(=O)C2CCc3[nH]ncc3C2)CC1. The number of nitrogens with zero attached hydrogens (tertiary/aromatic N) is 4. The lowest BCUT2D eigenvalue weighted by atomic mass is 9.85. The molecule has 0 bridgehead atoms. The Kier molecular flexibility index (Phi) is 4.12. The number of fused-ring (bicyclic) bond motifs is 1. The molecule has 1 aliphatic heterocycles. The molecule has 0 radical (unpaired) electrons. The standard InChI is InChI=1S/C18H25N5O/c1-22-9-6-19-17(22)10-13-4-7-23(8-5-13)18(24)14-2-3-16-15(11-14)12-20-21-16/h6,9,12-14H,2-5,7-8,10-11H2,1H3,(H,20,21). The molecule has 0 saturated carbocycles. The van der Waals surface area contributed by atoms with Crippen molar-refractivity contribution in [3.05, 3.63) is 35.7 Å². The third kappa shape index (κ3) is 2.97. The second-order valence-electron chi connectivity index (χ2n) is 7.24. The lowest BCUT2D eigenvalue weighted by Crippen LogP contribution is -2.43. The van der Waals surface area contributed by atoms with Crippen molar-refractivity contribution in [2.45, 2.75) is 38.5 Å². The molecular formula is C18H25N5O. The van der Waals surface area contributed by atoms with Gasteiger partial charge in [0.1, 0.15) is 5.82 Å². The van der Waals surface area contributed by atoms with Crippen molar-refractivity contribution in [3.8, 4) is 0 Å². The van der Waals surface area contributed by atoms with Gasteiger partial charge in [0.05, 0.1) is 6.20 Å². The number of amides is 1. The summed E-state index contributed by atoms with van der Waals surface area (Å²) < 4.78 is 2.10. The molecule has 4 rings (SSSR count). The minimum absolute atomic E-state index is 0.140. The van der Waals surface area contributed by atoms with Gasteiger partial charge in [-0.3, -0.25) is 9.89 Å². The highest BCUT2D eigenvalue weighted by atomic mass is 16.2. The summed E-state index contributed by atoms with van der Waals surface area (Å²) in [5, 5.41) is 7.15. The van der Waals surface area contributed by atoms with Crippen molar-refractivity contribution >= 4 is 5.91 Å². The average molecular weight is 327 g/mol. The molecule has 1 aliphatic carbocycles. The van der Waals surface area contributed by atoms with Crippen LogP contribution in [0.4, 0.5) is 0 Å². The lowest BCUT2D eigenvalue weighted by Gasteiger charge is -2.35. The van der Waals surface area contributed by atoms with E-state index in [0.29, 0.717) is 11.8 Å². The Morgan fingerprint density at radius 3 is 2.92 bits per heavy atom. The quantitative estimate of drug-likeness (QED) is 0.933. The van der Waals surface area contributed by atoms with Crippen LogP contribution in [0.15, 0.2) is 18.6 Å². The summed E-state index contributed by atoms with van der Waals surface area (Å²) in [6.07, 6.45) is 11.7. The molecule has 24 heavy (non-hydrogen) atoms. The van der Waals surface area contributed by atoms with Crippen molar-refractivity contribution in [1.82, 2.24) is 24.6 Å². The van der Waals surface area contributed by atoms with E-state index in [1.807, 2.05) is 25.6 Å². The van der Waals surface area contributed by atoms with Gasteiger partial charge < -0.3 is 9.47 Å². The molecule has 2 aliphatic rings. The van der Waals surface area contributed by atoms with Crippen molar-refractivity contribution in [3.63, 3.8) is 0 Å². The fraction of sp³-hybridized carbons (Fsp3) is 0.611. The molecule has 1 saturated heterocycles. The number of nitrogens with one attached hydrogen (secondary N) is 1. The van der Waals surface area contributed by atoms with Crippen molar-refractivity contribution < 1.29 is 4.79 Å². The topological polar surface area (TPSA) is 66.8 Å². The van der Waals surface area contributed by atoms with Gasteiger partial charge >= 0.3 is 0 Å². The smallest absolute Gasteiger partial charge is 0.226 e. The maximum atomic E-state index is 12.8. The summed E-state index contributed by atoms with van der Waals surface area (Å²) in [5.41, 5.74) is 2.44. The summed E-state index contributed by atoms with van der Waals surface area (Å²) >= 11 is 0. The van der Waals surface area contributed by atoms with Gasteiger partial charge in [-0.05, 0) is 43.6 Å². The summed E-state index contributed by atoms with van der Waals surface area (Å²) in [7, 11) is 2.05. The van der Waals surface area contributed by atoms with Gasteiger partial charge in [0.15, 0.2) is 0 Å². The number of hydrogen-bond acceptors (Lipinski definition) is 3. The molecule has 6 heteroatoms. The third-order valence-electron chi connectivity index (χ3n) is 5.68. The number of imidazole rings is 1. The maximum absolute atomic E-state index is 12.8. The number of aryl methyl sites for hydroxylation is 2. The Hall–Kier alpha value is -2.11. The summed E-state index contributed by atoms with van der Waals surface area (Å²) in [5.74, 6) is 2.28. The van der Waals surface area contributed by atoms with Gasteiger partial charge in [0, 0.05) is 50.6 Å². The van der Waals surface area contributed by atoms with Crippen LogP contribution < -0.4 is 0 Å². The van der Waals surface area contributed by atoms with Crippen molar-refractivity contribution in [1.29, 1.82) is 0 Å². The molecule has 0 aromatic carbocycles. The number of likely N-dealkylation sites (tertiary alicyclic amines) is 1. The molecule has 1 unspecified atom stereocenters. The fourth-order valence-electron chi connectivity index (χ4n) is 4.09. The van der Waals surface area contributed by atoms with Crippen LogP contribution in [0.25, 0.3) is 0 Å². The Morgan fingerprint density at radius 2 is 2.17 bits per heavy atom. The van der Waals surface area contributed by atoms with E-state index in [2.05, 4.69) is 24.6 Å². The number of carbonyl (C=O) groups is 1. The number of aromatic amines is 1. The summed E-state index contributed by atoms with van der Waals surface area (Å²) in [6.45, 7) is 1.78. The van der Waals surface area contributed by atoms with Crippen LogP contribution in [0.2, 0.25) is 0 Å². The lowest BCUT2D eigenvalue weighted by molar-refractivity contribution is -0.137. The molecule has 1 fully saturated rings. The predicted octanol–water partition coefficient (Wildman–Crippen LogP) is 1.73. The van der Waals surface area contributed by atoms with E-state index in [9.17, 15) is 4.79 Å². The van der Waals surface area contributed by atoms with E-state index < -0.39 is 0 Å². The molecule has 2 aromatic heterocycles. The van der Waals surface area contributed by atoms with Gasteiger partial charge in [-0.2, -0.15) is 5.10 Å². The Bertz CT molecular complexity index is 711. The average Bonchev–Trinajstić information content (AvgIpc) is 3.23. The Morgan fingerprint density at radius 1 is 1.33 bits per heavy atom. The highest BCUT2D eigenvalue weighted by Gasteiger charge is 2.31. The Labute approximate surface area is 142 Å². The summed E-state index contributed by atoms with van der Waals surface area (Å²) in [4.78, 5) is 19.4. The van der Waals surface area contributed by atoms with Crippen molar-refractivity contribution in [2.24, 2.45) is 18.9 Å². The van der Waals surface area contributed by atoms with Crippen molar-refractivity contribution in [2.75, 3.05) is 13.1 Å². The van der Waals surface area contributed by atoms with Crippen LogP contribution >= 0.6 is 0 Å². The molecule has 6 nitrogen and oxygen atoms in total. The molecular weight excluding hydrogens is 302 g/mol. The minimum Gasteiger partial charge on any atom is -0.342 e. The van der Waals surface area contributed by atoms with Crippen LogP contribution in [-0.2, 0) is 31.1 Å². The van der Waals surface area contributed by atoms with E-state index in [1.165, 1.54) is 11.3 Å². The molecule has 1 N–H and O–H groups in total. The van der Waals surface area contributed by atoms with Gasteiger partial charge in [0.25, 0.3) is 0 Å². The number of rotatable bonds is 3. The summed E-state index contributed by atoms with van der Waals surface area (Å²) in [6, 6.07) is 0. The fourth-order valence-corrected chi connectivity index (χ4v) is 4.09. The zero-order valence-corrected chi connectivity index (χ0v) is 14.2. The number of piperidine rings is 1.